The van der Waals surface area contributed by atoms with E-state index in [9.17, 15) is 0 Å². The van der Waals surface area contributed by atoms with Crippen molar-refractivity contribution in [1.29, 1.82) is 0 Å². The third-order valence-corrected chi connectivity index (χ3v) is 5.10. The molecule has 0 bridgehead atoms. The maximum absolute atomic E-state index is 5.96. The van der Waals surface area contributed by atoms with Gasteiger partial charge >= 0.3 is 0 Å². The molecule has 2 aliphatic heterocycles. The van der Waals surface area contributed by atoms with Crippen LogP contribution in [0.15, 0.2) is 28.7 Å². The van der Waals surface area contributed by atoms with E-state index >= 15 is 0 Å². The number of nitrogens with zero attached hydrogens (tertiary/aromatic N) is 2. The van der Waals surface area contributed by atoms with Gasteiger partial charge in [0.15, 0.2) is 0 Å². The second-order valence-electron chi connectivity index (χ2n) is 6.11. The molecule has 0 N–H and O–H groups in total. The molecule has 0 aromatic heterocycles. The van der Waals surface area contributed by atoms with Crippen molar-refractivity contribution in [2.75, 3.05) is 45.9 Å². The van der Waals surface area contributed by atoms with E-state index in [4.69, 9.17) is 4.74 Å². The maximum atomic E-state index is 5.96. The monoisotopic (exact) mass is 352 g/mol. The first-order valence-corrected chi connectivity index (χ1v) is 8.92. The van der Waals surface area contributed by atoms with Crippen LogP contribution in [0.5, 0.6) is 0 Å². The van der Waals surface area contributed by atoms with Gasteiger partial charge in [-0.25, -0.2) is 0 Å². The van der Waals surface area contributed by atoms with E-state index in [0.29, 0.717) is 0 Å². The molecule has 2 heterocycles. The van der Waals surface area contributed by atoms with Crippen molar-refractivity contribution in [2.24, 2.45) is 0 Å². The Morgan fingerprint density at radius 3 is 2.43 bits per heavy atom. The SMILES string of the molecule is Brc1ccc(C2CN(CCN3CCCCC3)CCO2)cc1. The topological polar surface area (TPSA) is 15.7 Å². The molecule has 4 heteroatoms. The molecule has 2 fully saturated rings. The summed E-state index contributed by atoms with van der Waals surface area (Å²) in [7, 11) is 0. The highest BCUT2D eigenvalue weighted by Crippen LogP contribution is 2.23. The molecule has 0 amide bonds. The fraction of sp³-hybridized carbons (Fsp3) is 0.647. The lowest BCUT2D eigenvalue weighted by Gasteiger charge is -2.35. The average Bonchev–Trinajstić information content (AvgIpc) is 2.55. The van der Waals surface area contributed by atoms with Crippen LogP contribution in [0.25, 0.3) is 0 Å². The lowest BCUT2D eigenvalue weighted by molar-refractivity contribution is -0.0325. The zero-order valence-corrected chi connectivity index (χ0v) is 14.2. The molecular formula is C17H25BrN2O. The molecule has 1 unspecified atom stereocenters. The molecule has 0 aliphatic carbocycles. The number of likely N-dealkylation sites (tertiary alicyclic amines) is 1. The number of piperidine rings is 1. The van der Waals surface area contributed by atoms with Gasteiger partial charge in [0.05, 0.1) is 12.7 Å². The highest BCUT2D eigenvalue weighted by atomic mass is 79.9. The Kier molecular flexibility index (Phi) is 5.69. The Morgan fingerprint density at radius 1 is 0.952 bits per heavy atom. The van der Waals surface area contributed by atoms with Crippen molar-refractivity contribution in [2.45, 2.75) is 25.4 Å². The lowest BCUT2D eigenvalue weighted by atomic mass is 10.1. The van der Waals surface area contributed by atoms with Gasteiger partial charge in [-0.05, 0) is 43.6 Å². The fourth-order valence-electron chi connectivity index (χ4n) is 3.25. The van der Waals surface area contributed by atoms with Crippen molar-refractivity contribution >= 4 is 15.9 Å². The smallest absolute Gasteiger partial charge is 0.0952 e. The molecule has 1 aromatic carbocycles. The molecule has 21 heavy (non-hydrogen) atoms. The molecule has 0 saturated carbocycles. The Bertz CT molecular complexity index is 431. The van der Waals surface area contributed by atoms with Crippen LogP contribution in [0.1, 0.15) is 30.9 Å². The van der Waals surface area contributed by atoms with Crippen LogP contribution >= 0.6 is 15.9 Å². The van der Waals surface area contributed by atoms with E-state index in [2.05, 4.69) is 50.0 Å². The quantitative estimate of drug-likeness (QED) is 0.826. The van der Waals surface area contributed by atoms with Gasteiger partial charge in [-0.2, -0.15) is 0 Å². The first kappa shape index (κ1) is 15.5. The fourth-order valence-corrected chi connectivity index (χ4v) is 3.51. The highest BCUT2D eigenvalue weighted by molar-refractivity contribution is 9.10. The van der Waals surface area contributed by atoms with Crippen LogP contribution in [0.4, 0.5) is 0 Å². The highest BCUT2D eigenvalue weighted by Gasteiger charge is 2.22. The van der Waals surface area contributed by atoms with E-state index in [1.54, 1.807) is 0 Å². The van der Waals surface area contributed by atoms with Gasteiger partial charge in [0.2, 0.25) is 0 Å². The maximum Gasteiger partial charge on any atom is 0.0952 e. The minimum atomic E-state index is 0.230. The predicted octanol–water partition coefficient (Wildman–Crippen LogP) is 3.31. The minimum Gasteiger partial charge on any atom is -0.371 e. The Labute approximate surface area is 136 Å². The van der Waals surface area contributed by atoms with E-state index in [0.717, 1.165) is 24.2 Å². The van der Waals surface area contributed by atoms with Crippen LogP contribution < -0.4 is 0 Å². The molecule has 1 aromatic rings. The standard InChI is InChI=1S/C17H25BrN2O/c18-16-6-4-15(5-7-16)17-14-20(12-13-21-17)11-10-19-8-2-1-3-9-19/h4-7,17H,1-3,8-14H2. The normalized spacial score (nSPS) is 25.1. The zero-order chi connectivity index (χ0) is 14.5. The Morgan fingerprint density at radius 2 is 1.67 bits per heavy atom. The molecule has 1 atom stereocenters. The first-order chi connectivity index (χ1) is 10.3. The van der Waals surface area contributed by atoms with Gasteiger partial charge in [0.1, 0.15) is 0 Å². The molecule has 2 saturated heterocycles. The van der Waals surface area contributed by atoms with Crippen LogP contribution in [0.3, 0.4) is 0 Å². The largest absolute Gasteiger partial charge is 0.371 e. The van der Waals surface area contributed by atoms with Gasteiger partial charge in [-0.1, -0.05) is 34.5 Å². The average molecular weight is 353 g/mol. The summed E-state index contributed by atoms with van der Waals surface area (Å²) in [5.41, 5.74) is 1.29. The number of benzene rings is 1. The van der Waals surface area contributed by atoms with Gasteiger partial charge in [-0.3, -0.25) is 4.90 Å². The van der Waals surface area contributed by atoms with E-state index in [1.807, 2.05) is 0 Å². The summed E-state index contributed by atoms with van der Waals surface area (Å²) in [5, 5.41) is 0. The number of hydrogen-bond donors (Lipinski definition) is 0. The van der Waals surface area contributed by atoms with Crippen LogP contribution in [0, 0.1) is 0 Å². The number of halogens is 1. The predicted molar refractivity (Wildman–Crippen MR) is 89.6 cm³/mol. The van der Waals surface area contributed by atoms with Crippen LogP contribution in [-0.2, 0) is 4.74 Å². The number of rotatable bonds is 4. The van der Waals surface area contributed by atoms with Gasteiger partial charge in [0.25, 0.3) is 0 Å². The third kappa shape index (κ3) is 4.52. The van der Waals surface area contributed by atoms with Crippen LogP contribution in [0.2, 0.25) is 0 Å². The molecule has 0 spiro atoms. The third-order valence-electron chi connectivity index (χ3n) is 4.57. The summed E-state index contributed by atoms with van der Waals surface area (Å²) >= 11 is 3.49. The molecular weight excluding hydrogens is 328 g/mol. The van der Waals surface area contributed by atoms with E-state index < -0.39 is 0 Å². The van der Waals surface area contributed by atoms with Crippen molar-refractivity contribution < 1.29 is 4.74 Å². The number of hydrogen-bond acceptors (Lipinski definition) is 3. The second-order valence-corrected chi connectivity index (χ2v) is 7.03. The van der Waals surface area contributed by atoms with Crippen molar-refractivity contribution in [1.82, 2.24) is 9.80 Å². The summed E-state index contributed by atoms with van der Waals surface area (Å²) in [5.74, 6) is 0. The van der Waals surface area contributed by atoms with Crippen molar-refractivity contribution in [3.63, 3.8) is 0 Å². The number of morpholine rings is 1. The molecule has 2 aliphatic rings. The zero-order valence-electron chi connectivity index (χ0n) is 12.6. The molecule has 3 rings (SSSR count). The van der Waals surface area contributed by atoms with Crippen molar-refractivity contribution in [3.05, 3.63) is 34.3 Å². The molecule has 3 nitrogen and oxygen atoms in total. The molecule has 0 radical (unpaired) electrons. The molecule has 116 valence electrons. The summed E-state index contributed by atoms with van der Waals surface area (Å²) in [6.07, 6.45) is 4.41. The van der Waals surface area contributed by atoms with Gasteiger partial charge in [-0.15, -0.1) is 0 Å². The summed E-state index contributed by atoms with van der Waals surface area (Å²) in [6.45, 7) is 7.92. The first-order valence-electron chi connectivity index (χ1n) is 8.13. The Balaban J connectivity index is 1.49. The van der Waals surface area contributed by atoms with Gasteiger partial charge < -0.3 is 9.64 Å². The van der Waals surface area contributed by atoms with Crippen LogP contribution in [-0.4, -0.2) is 55.7 Å². The summed E-state index contributed by atoms with van der Waals surface area (Å²) in [4.78, 5) is 5.18. The minimum absolute atomic E-state index is 0.230. The second kappa shape index (κ2) is 7.73. The van der Waals surface area contributed by atoms with Gasteiger partial charge in [0, 0.05) is 30.7 Å². The van der Waals surface area contributed by atoms with E-state index in [-0.39, 0.29) is 6.10 Å². The summed E-state index contributed by atoms with van der Waals surface area (Å²) < 4.78 is 7.08. The number of ether oxygens (including phenoxy) is 1. The van der Waals surface area contributed by atoms with Crippen molar-refractivity contribution in [3.8, 4) is 0 Å². The Hall–Kier alpha value is -0.420. The van der Waals surface area contributed by atoms with E-state index in [1.165, 1.54) is 51.0 Å². The lowest BCUT2D eigenvalue weighted by Crippen LogP contribution is -2.43. The summed E-state index contributed by atoms with van der Waals surface area (Å²) in [6, 6.07) is 8.54.